The Balaban J connectivity index is 0.000000461. The third-order valence-corrected chi connectivity index (χ3v) is 8.15. The molecule has 2 fully saturated rings. The highest BCUT2D eigenvalue weighted by Gasteiger charge is 2.15. The third kappa shape index (κ3) is 9.15. The summed E-state index contributed by atoms with van der Waals surface area (Å²) in [5.74, 6) is 1.60. The number of rotatable bonds is 7. The van der Waals surface area contributed by atoms with Crippen molar-refractivity contribution >= 4 is 28.8 Å². The summed E-state index contributed by atoms with van der Waals surface area (Å²) in [6.07, 6.45) is 12.5. The summed E-state index contributed by atoms with van der Waals surface area (Å²) in [7, 11) is 2.19. The van der Waals surface area contributed by atoms with Gasteiger partial charge in [0.1, 0.15) is 0 Å². The van der Waals surface area contributed by atoms with Gasteiger partial charge in [-0.25, -0.2) is 9.97 Å². The summed E-state index contributed by atoms with van der Waals surface area (Å²) in [6.45, 7) is 12.1. The van der Waals surface area contributed by atoms with Gasteiger partial charge < -0.3 is 10.2 Å². The maximum Gasteiger partial charge on any atom is 0.227 e. The standard InChI is InChI=1S/C27H32ClN5.C7H14/c1-4-6-25(22-11-9-21(10-12-22)19-33-15-13-32(3)14-16-33)26-18-29-27(30-20(26)2)31-24-8-5-7-23(28)17-24;1-7-5-3-2-4-6-7/h5-12,17-18H,4,13-16,19H2,1-3H3,(H,29,30,31);7H,2-6H2,1H3/b25-6-;. The van der Waals surface area contributed by atoms with E-state index in [0.29, 0.717) is 11.0 Å². The molecule has 1 saturated heterocycles. The Morgan fingerprint density at radius 1 is 1.02 bits per heavy atom. The van der Waals surface area contributed by atoms with Crippen molar-refractivity contribution in [2.75, 3.05) is 38.5 Å². The van der Waals surface area contributed by atoms with Crippen LogP contribution in [0.25, 0.3) is 5.57 Å². The van der Waals surface area contributed by atoms with Crippen molar-refractivity contribution in [1.29, 1.82) is 0 Å². The highest BCUT2D eigenvalue weighted by Crippen LogP contribution is 2.28. The third-order valence-electron chi connectivity index (χ3n) is 7.92. The lowest BCUT2D eigenvalue weighted by molar-refractivity contribution is 0.148. The molecule has 1 aliphatic heterocycles. The van der Waals surface area contributed by atoms with Gasteiger partial charge in [-0.15, -0.1) is 0 Å². The average Bonchev–Trinajstić information content (AvgIpc) is 2.95. The molecule has 0 spiro atoms. The van der Waals surface area contributed by atoms with Gasteiger partial charge in [0.2, 0.25) is 5.95 Å². The van der Waals surface area contributed by atoms with Crippen LogP contribution < -0.4 is 5.32 Å². The monoisotopic (exact) mass is 559 g/mol. The molecule has 5 rings (SSSR count). The molecule has 0 bridgehead atoms. The average molecular weight is 560 g/mol. The molecule has 1 aromatic heterocycles. The largest absolute Gasteiger partial charge is 0.324 e. The lowest BCUT2D eigenvalue weighted by atomic mass is 9.91. The van der Waals surface area contributed by atoms with Gasteiger partial charge in [-0.05, 0) is 61.2 Å². The maximum absolute atomic E-state index is 6.09. The number of hydrogen-bond donors (Lipinski definition) is 1. The predicted molar refractivity (Wildman–Crippen MR) is 170 cm³/mol. The van der Waals surface area contributed by atoms with Gasteiger partial charge in [0, 0.05) is 55.2 Å². The number of aromatic nitrogens is 2. The van der Waals surface area contributed by atoms with E-state index >= 15 is 0 Å². The van der Waals surface area contributed by atoms with Crippen LogP contribution in [0.4, 0.5) is 11.6 Å². The van der Waals surface area contributed by atoms with E-state index in [1.165, 1.54) is 48.8 Å². The van der Waals surface area contributed by atoms with E-state index < -0.39 is 0 Å². The van der Waals surface area contributed by atoms with Gasteiger partial charge in [-0.3, -0.25) is 4.90 Å². The number of aryl methyl sites for hydroxylation is 1. The molecule has 0 radical (unpaired) electrons. The molecule has 1 N–H and O–H groups in total. The summed E-state index contributed by atoms with van der Waals surface area (Å²) >= 11 is 6.09. The van der Waals surface area contributed by atoms with Gasteiger partial charge >= 0.3 is 0 Å². The smallest absolute Gasteiger partial charge is 0.227 e. The minimum absolute atomic E-state index is 0.567. The molecule has 3 aromatic rings. The molecule has 2 aromatic carbocycles. The van der Waals surface area contributed by atoms with Crippen LogP contribution in [-0.2, 0) is 6.54 Å². The predicted octanol–water partition coefficient (Wildman–Crippen LogP) is 8.36. The van der Waals surface area contributed by atoms with Crippen LogP contribution in [0.15, 0.2) is 60.8 Å². The Bertz CT molecular complexity index is 1230. The van der Waals surface area contributed by atoms with E-state index in [1.807, 2.05) is 37.4 Å². The molecule has 0 amide bonds. The maximum atomic E-state index is 6.09. The normalized spacial score (nSPS) is 17.3. The number of allylic oxidation sites excluding steroid dienone is 1. The summed E-state index contributed by atoms with van der Waals surface area (Å²) in [6, 6.07) is 16.5. The fourth-order valence-electron chi connectivity index (χ4n) is 5.44. The van der Waals surface area contributed by atoms with E-state index in [1.54, 1.807) is 0 Å². The van der Waals surface area contributed by atoms with Crippen LogP contribution in [-0.4, -0.2) is 53.0 Å². The first-order valence-electron chi connectivity index (χ1n) is 15.0. The molecule has 1 saturated carbocycles. The summed E-state index contributed by atoms with van der Waals surface area (Å²) in [5.41, 5.74) is 6.59. The summed E-state index contributed by atoms with van der Waals surface area (Å²) in [4.78, 5) is 14.2. The topological polar surface area (TPSA) is 44.3 Å². The zero-order chi connectivity index (χ0) is 28.3. The minimum Gasteiger partial charge on any atom is -0.324 e. The van der Waals surface area contributed by atoms with Gasteiger partial charge in [0.05, 0.1) is 5.69 Å². The number of piperazine rings is 1. The molecular weight excluding hydrogens is 514 g/mol. The van der Waals surface area contributed by atoms with E-state index in [9.17, 15) is 0 Å². The quantitative estimate of drug-likeness (QED) is 0.315. The van der Waals surface area contributed by atoms with Crippen LogP contribution in [0, 0.1) is 12.8 Å². The van der Waals surface area contributed by atoms with Crippen LogP contribution in [0.1, 0.15) is 74.8 Å². The highest BCUT2D eigenvalue weighted by atomic mass is 35.5. The molecule has 6 heteroatoms. The fourth-order valence-corrected chi connectivity index (χ4v) is 5.63. The SMILES string of the molecule is CC/C=C(/c1ccc(CN2CCN(C)CC2)cc1)c1cnc(Nc2cccc(Cl)c2)nc1C.CC1CCCCC1. The number of nitrogens with zero attached hydrogens (tertiary/aromatic N) is 4. The number of halogens is 1. The lowest BCUT2D eigenvalue weighted by Gasteiger charge is -2.32. The molecule has 2 heterocycles. The van der Waals surface area contributed by atoms with Crippen molar-refractivity contribution in [2.24, 2.45) is 5.92 Å². The second kappa shape index (κ2) is 15.3. The first-order chi connectivity index (χ1) is 19.4. The van der Waals surface area contributed by atoms with Crippen molar-refractivity contribution in [3.63, 3.8) is 0 Å². The van der Waals surface area contributed by atoms with Gasteiger partial charge in [0.25, 0.3) is 0 Å². The molecule has 214 valence electrons. The molecular formula is C34H46ClN5. The second-order valence-electron chi connectivity index (χ2n) is 11.4. The van der Waals surface area contributed by atoms with E-state index in [0.717, 1.165) is 62.0 Å². The Morgan fingerprint density at radius 2 is 1.75 bits per heavy atom. The zero-order valence-corrected chi connectivity index (χ0v) is 25.6. The first-order valence-corrected chi connectivity index (χ1v) is 15.4. The molecule has 2 aliphatic rings. The highest BCUT2D eigenvalue weighted by molar-refractivity contribution is 6.30. The van der Waals surface area contributed by atoms with Crippen molar-refractivity contribution in [3.05, 3.63) is 88.2 Å². The Hall–Kier alpha value is -2.73. The van der Waals surface area contributed by atoms with Crippen LogP contribution in [0.2, 0.25) is 5.02 Å². The molecule has 0 atom stereocenters. The summed E-state index contributed by atoms with van der Waals surface area (Å²) < 4.78 is 0. The first kappa shape index (κ1) is 30.2. The Morgan fingerprint density at radius 3 is 2.35 bits per heavy atom. The molecule has 1 aliphatic carbocycles. The van der Waals surface area contributed by atoms with Gasteiger partial charge in [-0.1, -0.05) is 94.0 Å². The number of anilines is 2. The van der Waals surface area contributed by atoms with Crippen molar-refractivity contribution in [2.45, 2.75) is 65.8 Å². The zero-order valence-electron chi connectivity index (χ0n) is 24.8. The molecule has 40 heavy (non-hydrogen) atoms. The van der Waals surface area contributed by atoms with Crippen LogP contribution >= 0.6 is 11.6 Å². The van der Waals surface area contributed by atoms with Crippen molar-refractivity contribution in [3.8, 4) is 0 Å². The molecule has 5 nitrogen and oxygen atoms in total. The Labute approximate surface area is 246 Å². The minimum atomic E-state index is 0.567. The van der Waals surface area contributed by atoms with E-state index in [2.05, 4.69) is 71.3 Å². The van der Waals surface area contributed by atoms with Crippen molar-refractivity contribution in [1.82, 2.24) is 19.8 Å². The number of nitrogens with one attached hydrogen (secondary N) is 1. The van der Waals surface area contributed by atoms with Gasteiger partial charge in [0.15, 0.2) is 0 Å². The fraction of sp³-hybridized carbons (Fsp3) is 0.471. The van der Waals surface area contributed by atoms with Crippen molar-refractivity contribution < 1.29 is 0 Å². The lowest BCUT2D eigenvalue weighted by Crippen LogP contribution is -2.43. The summed E-state index contributed by atoms with van der Waals surface area (Å²) in [5, 5.41) is 3.92. The number of benzene rings is 2. The molecule has 0 unspecified atom stereocenters. The van der Waals surface area contributed by atoms with Gasteiger partial charge in [-0.2, -0.15) is 0 Å². The van der Waals surface area contributed by atoms with Crippen LogP contribution in [0.5, 0.6) is 0 Å². The van der Waals surface area contributed by atoms with Crippen LogP contribution in [0.3, 0.4) is 0 Å². The Kier molecular flexibility index (Phi) is 11.6. The van der Waals surface area contributed by atoms with E-state index in [4.69, 9.17) is 16.6 Å². The van der Waals surface area contributed by atoms with E-state index in [-0.39, 0.29) is 0 Å². The number of likely N-dealkylation sites (N-methyl/N-ethyl adjacent to an activating group) is 1. The second-order valence-corrected chi connectivity index (χ2v) is 11.8. The number of hydrogen-bond acceptors (Lipinski definition) is 5.